The zero-order chi connectivity index (χ0) is 38.9. The molecule has 10 atom stereocenters. The minimum Gasteiger partial charge on any atom is -0.459 e. The number of carbonyl (C=O) groups is 4. The topological polar surface area (TPSA) is 214 Å². The molecule has 0 aromatic heterocycles. The summed E-state index contributed by atoms with van der Waals surface area (Å²) in [5.41, 5.74) is 0.459. The van der Waals surface area contributed by atoms with Crippen LogP contribution in [0.3, 0.4) is 0 Å². The monoisotopic (exact) mass is 758 g/mol. The van der Waals surface area contributed by atoms with Gasteiger partial charge in [-0.15, -0.1) is 0 Å². The molecular formula is C40H38O15. The molecule has 4 aromatic carbocycles. The second-order valence-electron chi connectivity index (χ2n) is 12.6. The fourth-order valence-corrected chi connectivity index (χ4v) is 5.92. The first-order valence-electron chi connectivity index (χ1n) is 17.3. The van der Waals surface area contributed by atoms with Crippen molar-refractivity contribution in [3.05, 3.63) is 144 Å². The van der Waals surface area contributed by atoms with E-state index in [1.807, 2.05) is 0 Å². The van der Waals surface area contributed by atoms with Crippen LogP contribution in [0.5, 0.6) is 0 Å². The van der Waals surface area contributed by atoms with E-state index in [2.05, 4.69) is 0 Å². The summed E-state index contributed by atoms with van der Waals surface area (Å²) in [7, 11) is 0. The van der Waals surface area contributed by atoms with Crippen molar-refractivity contribution < 1.29 is 72.8 Å². The number of esters is 4. The van der Waals surface area contributed by atoms with E-state index in [1.54, 1.807) is 72.8 Å². The van der Waals surface area contributed by atoms with Crippen LogP contribution in [0.25, 0.3) is 0 Å². The Bertz CT molecular complexity index is 1880. The zero-order valence-electron chi connectivity index (χ0n) is 29.0. The highest BCUT2D eigenvalue weighted by molar-refractivity contribution is 5.91. The maximum absolute atomic E-state index is 13.7. The van der Waals surface area contributed by atoms with Gasteiger partial charge in [0, 0.05) is 0 Å². The molecule has 2 aliphatic heterocycles. The molecule has 4 aromatic rings. The summed E-state index contributed by atoms with van der Waals surface area (Å²) in [6, 6.07) is 31.4. The Balaban J connectivity index is 1.39. The van der Waals surface area contributed by atoms with Gasteiger partial charge >= 0.3 is 23.9 Å². The van der Waals surface area contributed by atoms with Crippen molar-refractivity contribution in [3.63, 3.8) is 0 Å². The van der Waals surface area contributed by atoms with Crippen molar-refractivity contribution >= 4 is 23.9 Å². The summed E-state index contributed by atoms with van der Waals surface area (Å²) in [5, 5.41) is 41.0. The number of carbonyl (C=O) groups excluding carboxylic acids is 4. The van der Waals surface area contributed by atoms with Crippen LogP contribution in [0.2, 0.25) is 0 Å². The van der Waals surface area contributed by atoms with E-state index in [-0.39, 0.29) is 22.3 Å². The standard InChI is InChI=1S/C40H38O15/c41-29-27(51-39(48)31(43)30(29)42)21-50-40-34(55-38(47)26-19-11-4-12-20-26)33(54-37(46)25-17-9-3-10-18-25)32(53-36(45)24-15-7-2-8-16-24)28(52-40)22-49-35(44)23-13-5-1-6-14-23/h1-20,27-34,39-43,48H,21-22H2/t27-,28-,29+,30+,31-,32-,33+,34-,39-,40-/m1/s1. The van der Waals surface area contributed by atoms with Crippen LogP contribution in [-0.4, -0.2) is 119 Å². The molecule has 0 aliphatic carbocycles. The van der Waals surface area contributed by atoms with Crippen molar-refractivity contribution in [2.45, 2.75) is 61.4 Å². The molecule has 15 nitrogen and oxygen atoms in total. The first-order valence-corrected chi connectivity index (χ1v) is 17.3. The molecule has 6 rings (SSSR count). The molecule has 0 radical (unpaired) electrons. The van der Waals surface area contributed by atoms with E-state index in [4.69, 9.17) is 33.2 Å². The predicted molar refractivity (Wildman–Crippen MR) is 187 cm³/mol. The molecule has 2 aliphatic rings. The predicted octanol–water partition coefficient (Wildman–Crippen LogP) is 2.06. The van der Waals surface area contributed by atoms with Crippen molar-refractivity contribution in [3.8, 4) is 0 Å². The van der Waals surface area contributed by atoms with E-state index in [0.717, 1.165) is 0 Å². The van der Waals surface area contributed by atoms with E-state index in [9.17, 15) is 39.6 Å². The molecule has 2 fully saturated rings. The van der Waals surface area contributed by atoms with Crippen molar-refractivity contribution in [1.82, 2.24) is 0 Å². The van der Waals surface area contributed by atoms with Gasteiger partial charge in [-0.2, -0.15) is 0 Å². The van der Waals surface area contributed by atoms with Gasteiger partial charge in [-0.05, 0) is 48.5 Å². The van der Waals surface area contributed by atoms with Gasteiger partial charge in [0.05, 0.1) is 28.9 Å². The van der Waals surface area contributed by atoms with E-state index < -0.39 is 98.5 Å². The van der Waals surface area contributed by atoms with Gasteiger partial charge in [-0.25, -0.2) is 19.2 Å². The SMILES string of the molecule is O=C(OC[C@H]1O[C@@H](OC[C@H]2O[C@@H](O)[C@H](O)[C@@H](O)[C@H]2O)[C@H](OC(=O)c2ccccc2)[C@@H](OC(=O)c2ccccc2)[C@@H]1OC(=O)c1ccccc1)c1ccccc1. The lowest BCUT2D eigenvalue weighted by Gasteiger charge is -2.45. The molecule has 0 bridgehead atoms. The first kappa shape index (κ1) is 39.2. The van der Waals surface area contributed by atoms with E-state index >= 15 is 0 Å². The highest BCUT2D eigenvalue weighted by Crippen LogP contribution is 2.32. The summed E-state index contributed by atoms with van der Waals surface area (Å²) in [4.78, 5) is 54.1. The van der Waals surface area contributed by atoms with Crippen LogP contribution in [-0.2, 0) is 33.2 Å². The van der Waals surface area contributed by atoms with Crippen molar-refractivity contribution in [2.24, 2.45) is 0 Å². The Kier molecular flexibility index (Phi) is 13.0. The lowest BCUT2D eigenvalue weighted by molar-refractivity contribution is -0.324. The smallest absolute Gasteiger partial charge is 0.338 e. The van der Waals surface area contributed by atoms with Gasteiger partial charge in [-0.3, -0.25) is 0 Å². The largest absolute Gasteiger partial charge is 0.459 e. The van der Waals surface area contributed by atoms with Crippen LogP contribution in [0, 0.1) is 0 Å². The van der Waals surface area contributed by atoms with Gasteiger partial charge in [0.1, 0.15) is 37.1 Å². The summed E-state index contributed by atoms with van der Waals surface area (Å²) in [6.45, 7) is -1.26. The lowest BCUT2D eigenvalue weighted by Crippen LogP contribution is -2.64. The fraction of sp³-hybridized carbons (Fsp3) is 0.300. The normalized spacial score (nSPS) is 27.6. The average Bonchev–Trinajstić information content (AvgIpc) is 3.22. The lowest BCUT2D eigenvalue weighted by atomic mass is 9.97. The summed E-state index contributed by atoms with van der Waals surface area (Å²) in [6.07, 6.45) is -17.0. The number of hydrogen-bond acceptors (Lipinski definition) is 15. The molecule has 0 unspecified atom stereocenters. The van der Waals surface area contributed by atoms with Gasteiger partial charge in [-0.1, -0.05) is 72.8 Å². The molecule has 0 amide bonds. The number of aliphatic hydroxyl groups excluding tert-OH is 4. The van der Waals surface area contributed by atoms with Crippen LogP contribution >= 0.6 is 0 Å². The summed E-state index contributed by atoms with van der Waals surface area (Å²) in [5.74, 6) is -3.50. The van der Waals surface area contributed by atoms with Crippen LogP contribution in [0.15, 0.2) is 121 Å². The third-order valence-corrected chi connectivity index (χ3v) is 8.85. The second-order valence-corrected chi connectivity index (χ2v) is 12.6. The van der Waals surface area contributed by atoms with E-state index in [1.165, 1.54) is 48.5 Å². The van der Waals surface area contributed by atoms with Gasteiger partial charge in [0.25, 0.3) is 0 Å². The highest BCUT2D eigenvalue weighted by Gasteiger charge is 2.54. The number of ether oxygens (including phenoxy) is 7. The number of benzene rings is 4. The van der Waals surface area contributed by atoms with Crippen molar-refractivity contribution in [2.75, 3.05) is 13.2 Å². The molecule has 0 saturated carbocycles. The summed E-state index contributed by atoms with van der Waals surface area (Å²) < 4.78 is 41.0. The molecular weight excluding hydrogens is 720 g/mol. The molecule has 288 valence electrons. The van der Waals surface area contributed by atoms with Gasteiger partial charge in [0.2, 0.25) is 0 Å². The molecule has 55 heavy (non-hydrogen) atoms. The Morgan fingerprint density at radius 2 is 0.873 bits per heavy atom. The molecule has 2 heterocycles. The summed E-state index contributed by atoms with van der Waals surface area (Å²) >= 11 is 0. The van der Waals surface area contributed by atoms with Crippen LogP contribution in [0.1, 0.15) is 41.4 Å². The average molecular weight is 759 g/mol. The maximum Gasteiger partial charge on any atom is 0.338 e. The minimum absolute atomic E-state index is 0.0809. The quantitative estimate of drug-likeness (QED) is 0.120. The molecule has 2 saturated heterocycles. The van der Waals surface area contributed by atoms with E-state index in [0.29, 0.717) is 0 Å². The van der Waals surface area contributed by atoms with Gasteiger partial charge < -0.3 is 53.6 Å². The highest BCUT2D eigenvalue weighted by atomic mass is 16.7. The molecule has 4 N–H and O–H groups in total. The minimum atomic E-state index is -1.91. The van der Waals surface area contributed by atoms with Gasteiger partial charge in [0.15, 0.2) is 30.9 Å². The first-order chi connectivity index (χ1) is 26.6. The van der Waals surface area contributed by atoms with Crippen LogP contribution in [0.4, 0.5) is 0 Å². The third kappa shape index (κ3) is 9.59. The number of aliphatic hydroxyl groups is 4. The molecule has 0 spiro atoms. The fourth-order valence-electron chi connectivity index (χ4n) is 5.92. The van der Waals surface area contributed by atoms with Crippen LogP contribution < -0.4 is 0 Å². The Morgan fingerprint density at radius 3 is 1.35 bits per heavy atom. The number of hydrogen-bond donors (Lipinski definition) is 4. The Hall–Kier alpha value is -5.52. The van der Waals surface area contributed by atoms with Crippen molar-refractivity contribution in [1.29, 1.82) is 0 Å². The zero-order valence-corrected chi connectivity index (χ0v) is 29.0. The Labute approximate surface area is 314 Å². The maximum atomic E-state index is 13.7. The molecule has 15 heteroatoms. The number of rotatable bonds is 12. The third-order valence-electron chi connectivity index (χ3n) is 8.85. The Morgan fingerprint density at radius 1 is 0.455 bits per heavy atom. The second kappa shape index (κ2) is 18.2.